The number of hydrogen-bond donors (Lipinski definition) is 1. The van der Waals surface area contributed by atoms with E-state index in [1.807, 2.05) is 36.4 Å². The number of hydrogen-bond acceptors (Lipinski definition) is 7. The van der Waals surface area contributed by atoms with E-state index in [0.29, 0.717) is 34.3 Å². The van der Waals surface area contributed by atoms with Crippen LogP contribution >= 0.6 is 11.3 Å². The topological polar surface area (TPSA) is 76.8 Å². The largest absolute Gasteiger partial charge is 0.493 e. The fraction of sp³-hybridized carbons (Fsp3) is 0.182. The summed E-state index contributed by atoms with van der Waals surface area (Å²) in [6.45, 7) is 0. The molecule has 1 aliphatic heterocycles. The number of para-hydroxylation sites is 1. The Morgan fingerprint density at radius 1 is 1.10 bits per heavy atom. The number of ether oxygens (including phenoxy) is 2. The number of carbonyl (C=O) groups is 1. The first-order valence-corrected chi connectivity index (χ1v) is 10.2. The lowest BCUT2D eigenvalue weighted by Crippen LogP contribution is -2.40. The number of furan rings is 1. The van der Waals surface area contributed by atoms with Crippen LogP contribution in [0, 0.1) is 0 Å². The van der Waals surface area contributed by atoms with Gasteiger partial charge in [-0.1, -0.05) is 12.1 Å². The highest BCUT2D eigenvalue weighted by atomic mass is 32.1. The molecule has 0 spiro atoms. The molecule has 1 N–H and O–H groups in total. The summed E-state index contributed by atoms with van der Waals surface area (Å²) < 4.78 is 17.9. The molecule has 30 heavy (non-hydrogen) atoms. The Morgan fingerprint density at radius 2 is 1.87 bits per heavy atom. The number of methoxy groups -OCH3 is 2. The Kier molecular flexibility index (Phi) is 4.36. The lowest BCUT2D eigenvalue weighted by Gasteiger charge is -2.34. The maximum absolute atomic E-state index is 13.0. The number of anilines is 1. The summed E-state index contributed by atoms with van der Waals surface area (Å²) in [6.07, 6.45) is -0.453. The third-order valence-electron chi connectivity index (χ3n) is 5.15. The molecule has 8 heteroatoms. The molecular weight excluding hydrogens is 402 g/mol. The summed E-state index contributed by atoms with van der Waals surface area (Å²) in [5.41, 5.74) is 2.12. The highest BCUT2D eigenvalue weighted by Gasteiger charge is 2.33. The summed E-state index contributed by atoms with van der Waals surface area (Å²) in [6, 6.07) is 15.2. The standard InChI is InChI=1S/C22H19N3O4S/c1-25-20(23-14-11-18(28-3)17(27-2)10-12(14)22(25)26)15-8-9-16(29-15)21-24-13-6-4-5-7-19(13)30-21/h4-11,20,23H,1-3H3/t20-/m1/s1. The number of thiazole rings is 1. The fourth-order valence-corrected chi connectivity index (χ4v) is 4.51. The van der Waals surface area contributed by atoms with E-state index in [0.717, 1.165) is 15.2 Å². The van der Waals surface area contributed by atoms with Gasteiger partial charge in [0.05, 0.1) is 35.7 Å². The summed E-state index contributed by atoms with van der Waals surface area (Å²) in [5.74, 6) is 2.23. The molecule has 5 rings (SSSR count). The summed E-state index contributed by atoms with van der Waals surface area (Å²) in [7, 11) is 4.85. The van der Waals surface area contributed by atoms with Crippen LogP contribution in [0.1, 0.15) is 22.3 Å². The molecule has 3 heterocycles. The smallest absolute Gasteiger partial charge is 0.257 e. The molecule has 1 aliphatic rings. The number of nitrogens with zero attached hydrogens (tertiary/aromatic N) is 2. The van der Waals surface area contributed by atoms with Crippen LogP contribution < -0.4 is 14.8 Å². The third kappa shape index (κ3) is 2.88. The Hall–Kier alpha value is -3.52. The first kappa shape index (κ1) is 18.5. The maximum atomic E-state index is 13.0. The van der Waals surface area contributed by atoms with E-state index in [-0.39, 0.29) is 5.91 Å². The average molecular weight is 421 g/mol. The van der Waals surface area contributed by atoms with Crippen molar-refractivity contribution in [1.29, 1.82) is 0 Å². The van der Waals surface area contributed by atoms with Gasteiger partial charge in [0, 0.05) is 13.1 Å². The minimum Gasteiger partial charge on any atom is -0.493 e. The van der Waals surface area contributed by atoms with Gasteiger partial charge < -0.3 is 24.1 Å². The molecule has 2 aromatic heterocycles. The monoisotopic (exact) mass is 421 g/mol. The van der Waals surface area contributed by atoms with E-state index in [1.165, 1.54) is 0 Å². The van der Waals surface area contributed by atoms with Crippen LogP contribution in [0.5, 0.6) is 11.5 Å². The lowest BCUT2D eigenvalue weighted by atomic mass is 10.1. The Labute approximate surface area is 176 Å². The number of amides is 1. The third-order valence-corrected chi connectivity index (χ3v) is 6.21. The summed E-state index contributed by atoms with van der Waals surface area (Å²) in [4.78, 5) is 19.3. The molecule has 0 bridgehead atoms. The van der Waals surface area contributed by atoms with Gasteiger partial charge in [-0.2, -0.15) is 0 Å². The molecule has 1 amide bonds. The van der Waals surface area contributed by atoms with Gasteiger partial charge in [-0.15, -0.1) is 11.3 Å². The second-order valence-electron chi connectivity index (χ2n) is 6.90. The summed E-state index contributed by atoms with van der Waals surface area (Å²) in [5, 5.41) is 4.17. The van der Waals surface area contributed by atoms with Gasteiger partial charge in [0.1, 0.15) is 5.76 Å². The van der Waals surface area contributed by atoms with Crippen LogP contribution in [0.3, 0.4) is 0 Å². The number of benzene rings is 2. The number of fused-ring (bicyclic) bond motifs is 2. The zero-order valence-electron chi connectivity index (χ0n) is 16.6. The van der Waals surface area contributed by atoms with E-state index in [4.69, 9.17) is 13.9 Å². The van der Waals surface area contributed by atoms with E-state index < -0.39 is 6.17 Å². The van der Waals surface area contributed by atoms with Crippen LogP contribution in [-0.2, 0) is 0 Å². The Morgan fingerprint density at radius 3 is 2.63 bits per heavy atom. The molecule has 0 saturated carbocycles. The second kappa shape index (κ2) is 7.07. The molecule has 1 atom stereocenters. The van der Waals surface area contributed by atoms with Gasteiger partial charge in [0.15, 0.2) is 28.4 Å². The van der Waals surface area contributed by atoms with Crippen molar-refractivity contribution >= 4 is 33.1 Å². The van der Waals surface area contributed by atoms with Gasteiger partial charge in [0.25, 0.3) is 5.91 Å². The Balaban J connectivity index is 1.50. The van der Waals surface area contributed by atoms with Gasteiger partial charge in [0.2, 0.25) is 0 Å². The molecule has 7 nitrogen and oxygen atoms in total. The van der Waals surface area contributed by atoms with Crippen LogP contribution in [0.15, 0.2) is 52.9 Å². The van der Waals surface area contributed by atoms with Crippen molar-refractivity contribution in [3.63, 3.8) is 0 Å². The van der Waals surface area contributed by atoms with Crippen molar-refractivity contribution in [2.75, 3.05) is 26.6 Å². The molecule has 0 radical (unpaired) electrons. The molecule has 4 aromatic rings. The molecule has 0 unspecified atom stereocenters. The number of nitrogens with one attached hydrogen (secondary N) is 1. The SMILES string of the molecule is COc1cc2c(cc1OC)C(=O)N(C)[C@H](c1ccc(-c3nc4ccccc4s3)o1)N2. The predicted molar refractivity (Wildman–Crippen MR) is 115 cm³/mol. The van der Waals surface area contributed by atoms with Crippen molar-refractivity contribution in [1.82, 2.24) is 9.88 Å². The fourth-order valence-electron chi connectivity index (χ4n) is 3.58. The van der Waals surface area contributed by atoms with Crippen LogP contribution in [0.2, 0.25) is 0 Å². The van der Waals surface area contributed by atoms with Crippen molar-refractivity contribution < 1.29 is 18.7 Å². The molecule has 0 fully saturated rings. The van der Waals surface area contributed by atoms with Crippen molar-refractivity contribution in [2.24, 2.45) is 0 Å². The van der Waals surface area contributed by atoms with Gasteiger partial charge in [-0.25, -0.2) is 4.98 Å². The highest BCUT2D eigenvalue weighted by Crippen LogP contribution is 2.40. The Bertz CT molecular complexity index is 1230. The second-order valence-corrected chi connectivity index (χ2v) is 7.94. The van der Waals surface area contributed by atoms with Crippen LogP contribution in [-0.4, -0.2) is 37.1 Å². The average Bonchev–Trinajstić information content (AvgIpc) is 3.42. The zero-order chi connectivity index (χ0) is 20.8. The summed E-state index contributed by atoms with van der Waals surface area (Å²) >= 11 is 1.57. The van der Waals surface area contributed by atoms with E-state index in [2.05, 4.69) is 10.3 Å². The normalized spacial score (nSPS) is 15.8. The van der Waals surface area contributed by atoms with Crippen molar-refractivity contribution in [3.05, 3.63) is 59.9 Å². The van der Waals surface area contributed by atoms with Gasteiger partial charge in [-0.3, -0.25) is 4.79 Å². The molecule has 152 valence electrons. The predicted octanol–water partition coefficient (Wildman–Crippen LogP) is 4.77. The molecule has 0 aliphatic carbocycles. The van der Waals surface area contributed by atoms with Crippen molar-refractivity contribution in [3.8, 4) is 22.3 Å². The molecule has 0 saturated heterocycles. The number of aromatic nitrogens is 1. The zero-order valence-corrected chi connectivity index (χ0v) is 17.4. The van der Waals surface area contributed by atoms with Gasteiger partial charge in [-0.05, 0) is 30.3 Å². The highest BCUT2D eigenvalue weighted by molar-refractivity contribution is 7.21. The number of carbonyl (C=O) groups excluding carboxylic acids is 1. The molecule has 2 aromatic carbocycles. The van der Waals surface area contributed by atoms with Crippen LogP contribution in [0.4, 0.5) is 5.69 Å². The number of rotatable bonds is 4. The molecular formula is C22H19N3O4S. The minimum absolute atomic E-state index is 0.132. The minimum atomic E-state index is -0.453. The maximum Gasteiger partial charge on any atom is 0.257 e. The van der Waals surface area contributed by atoms with Crippen LogP contribution in [0.25, 0.3) is 21.0 Å². The van der Waals surface area contributed by atoms with E-state index >= 15 is 0 Å². The van der Waals surface area contributed by atoms with Gasteiger partial charge >= 0.3 is 0 Å². The first-order valence-electron chi connectivity index (χ1n) is 9.34. The van der Waals surface area contributed by atoms with Crippen molar-refractivity contribution in [2.45, 2.75) is 6.17 Å². The van der Waals surface area contributed by atoms with E-state index in [9.17, 15) is 4.79 Å². The van der Waals surface area contributed by atoms with E-state index in [1.54, 1.807) is 49.6 Å². The lowest BCUT2D eigenvalue weighted by molar-refractivity contribution is 0.0719. The quantitative estimate of drug-likeness (QED) is 0.512. The first-order chi connectivity index (χ1) is 14.6.